The van der Waals surface area contributed by atoms with Crippen molar-refractivity contribution in [3.63, 3.8) is 0 Å². The van der Waals surface area contributed by atoms with Crippen LogP contribution in [-0.2, 0) is 10.1 Å². The molecule has 0 heterocycles. The quantitative estimate of drug-likeness (QED) is 0.315. The van der Waals surface area contributed by atoms with Crippen molar-refractivity contribution >= 4 is 10.1 Å². The fourth-order valence-electron chi connectivity index (χ4n) is 2.19. The Morgan fingerprint density at radius 3 is 2.00 bits per heavy atom. The van der Waals surface area contributed by atoms with Crippen molar-refractivity contribution in [3.05, 3.63) is 0 Å². The standard InChI is InChI=1S/C14H30O4S.K/c1-3-5-7-8-9-13(15)11-12-14(10-6-4-2)19(16,17)18;/h13-15H,3-12H2,1-2H3,(H,16,17,18);/q;+1/p-1. The number of hydrogen-bond acceptors (Lipinski definition) is 4. The summed E-state index contributed by atoms with van der Waals surface area (Å²) in [5.74, 6) is 0. The van der Waals surface area contributed by atoms with Gasteiger partial charge in [-0.05, 0) is 25.7 Å². The zero-order valence-electron chi connectivity index (χ0n) is 13.3. The van der Waals surface area contributed by atoms with Gasteiger partial charge in [0.2, 0.25) is 0 Å². The van der Waals surface area contributed by atoms with Crippen molar-refractivity contribution in [2.75, 3.05) is 0 Å². The maximum absolute atomic E-state index is 11.1. The molecule has 0 saturated heterocycles. The van der Waals surface area contributed by atoms with Gasteiger partial charge in [-0.1, -0.05) is 52.4 Å². The minimum Gasteiger partial charge on any atom is -0.748 e. The van der Waals surface area contributed by atoms with Gasteiger partial charge < -0.3 is 9.66 Å². The molecule has 0 aromatic rings. The topological polar surface area (TPSA) is 77.4 Å². The SMILES string of the molecule is CCCCCCC(O)CCC(CCCC)S(=O)(=O)[O-].[K+]. The van der Waals surface area contributed by atoms with E-state index in [0.717, 1.165) is 32.1 Å². The Balaban J connectivity index is 0. The first kappa shape index (κ1) is 23.8. The van der Waals surface area contributed by atoms with Crippen LogP contribution in [0.3, 0.4) is 0 Å². The summed E-state index contributed by atoms with van der Waals surface area (Å²) >= 11 is 0. The molecule has 2 unspecified atom stereocenters. The molecule has 0 amide bonds. The second-order valence-electron chi connectivity index (χ2n) is 5.34. The summed E-state index contributed by atoms with van der Waals surface area (Å²) in [7, 11) is -4.22. The Kier molecular flexibility index (Phi) is 16.8. The Morgan fingerprint density at radius 2 is 1.50 bits per heavy atom. The van der Waals surface area contributed by atoms with Crippen molar-refractivity contribution in [2.45, 2.75) is 89.4 Å². The van der Waals surface area contributed by atoms with Crippen LogP contribution in [0.5, 0.6) is 0 Å². The third-order valence-corrected chi connectivity index (χ3v) is 4.79. The average molecular weight is 333 g/mol. The number of hydrogen-bond donors (Lipinski definition) is 1. The summed E-state index contributed by atoms with van der Waals surface area (Å²) in [6, 6.07) is 0. The van der Waals surface area contributed by atoms with Crippen molar-refractivity contribution in [3.8, 4) is 0 Å². The van der Waals surface area contributed by atoms with E-state index in [0.29, 0.717) is 25.7 Å². The monoisotopic (exact) mass is 332 g/mol. The number of rotatable bonds is 12. The summed E-state index contributed by atoms with van der Waals surface area (Å²) in [4.78, 5) is 0. The second kappa shape index (κ2) is 14.1. The van der Waals surface area contributed by atoms with Gasteiger partial charge in [0.25, 0.3) is 0 Å². The molecule has 116 valence electrons. The van der Waals surface area contributed by atoms with E-state index in [1.807, 2.05) is 6.92 Å². The molecule has 0 aliphatic rings. The first-order chi connectivity index (χ1) is 8.91. The summed E-state index contributed by atoms with van der Waals surface area (Å²) in [6.45, 7) is 4.10. The Bertz CT molecular complexity index is 306. The van der Waals surface area contributed by atoms with Gasteiger partial charge in [-0.3, -0.25) is 0 Å². The maximum atomic E-state index is 11.1. The van der Waals surface area contributed by atoms with Crippen LogP contribution >= 0.6 is 0 Å². The fraction of sp³-hybridized carbons (Fsp3) is 1.00. The molecule has 0 aliphatic carbocycles. The van der Waals surface area contributed by atoms with Crippen LogP contribution in [-0.4, -0.2) is 29.4 Å². The summed E-state index contributed by atoms with van der Waals surface area (Å²) in [6.07, 6.45) is 7.40. The van der Waals surface area contributed by atoms with Crippen molar-refractivity contribution in [1.82, 2.24) is 0 Å². The van der Waals surface area contributed by atoms with Crippen LogP contribution in [0.2, 0.25) is 0 Å². The van der Waals surface area contributed by atoms with E-state index in [2.05, 4.69) is 6.92 Å². The normalized spacial score (nSPS) is 14.6. The molecule has 2 atom stereocenters. The molecule has 0 rings (SSSR count). The van der Waals surface area contributed by atoms with Gasteiger partial charge in [0.1, 0.15) is 0 Å². The molecule has 20 heavy (non-hydrogen) atoms. The molecule has 0 bridgehead atoms. The Labute approximate surface area is 167 Å². The van der Waals surface area contributed by atoms with Gasteiger partial charge >= 0.3 is 51.4 Å². The molecule has 6 heteroatoms. The van der Waals surface area contributed by atoms with Crippen molar-refractivity contribution in [1.29, 1.82) is 0 Å². The molecule has 0 fully saturated rings. The Hall–Kier alpha value is 1.51. The average Bonchev–Trinajstić information content (AvgIpc) is 2.33. The third-order valence-electron chi connectivity index (χ3n) is 3.50. The van der Waals surface area contributed by atoms with Crippen LogP contribution in [0, 0.1) is 0 Å². The zero-order valence-corrected chi connectivity index (χ0v) is 17.2. The maximum Gasteiger partial charge on any atom is 1.00 e. The van der Waals surface area contributed by atoms with E-state index in [4.69, 9.17) is 0 Å². The van der Waals surface area contributed by atoms with Crippen LogP contribution in [0.1, 0.15) is 78.1 Å². The predicted molar refractivity (Wildman–Crippen MR) is 77.0 cm³/mol. The molecule has 0 saturated carbocycles. The number of aliphatic hydroxyl groups is 1. The van der Waals surface area contributed by atoms with Gasteiger partial charge in [0.05, 0.1) is 16.2 Å². The predicted octanol–water partition coefficient (Wildman–Crippen LogP) is 0.206. The molecular formula is C14H29KO4S. The van der Waals surface area contributed by atoms with E-state index in [-0.39, 0.29) is 51.4 Å². The second-order valence-corrected chi connectivity index (χ2v) is 6.99. The van der Waals surface area contributed by atoms with Crippen LogP contribution in [0.15, 0.2) is 0 Å². The van der Waals surface area contributed by atoms with E-state index in [1.165, 1.54) is 6.42 Å². The van der Waals surface area contributed by atoms with Gasteiger partial charge in [-0.15, -0.1) is 0 Å². The van der Waals surface area contributed by atoms with Crippen molar-refractivity contribution < 1.29 is 69.5 Å². The van der Waals surface area contributed by atoms with Gasteiger partial charge in [-0.25, -0.2) is 8.42 Å². The first-order valence-electron chi connectivity index (χ1n) is 7.54. The molecule has 0 aromatic carbocycles. The largest absolute Gasteiger partial charge is 1.00 e. The fourth-order valence-corrected chi connectivity index (χ4v) is 3.07. The first-order valence-corrected chi connectivity index (χ1v) is 9.01. The molecule has 0 radical (unpaired) electrons. The minimum absolute atomic E-state index is 0. The molecule has 0 aromatic heterocycles. The van der Waals surface area contributed by atoms with Gasteiger partial charge in [0.15, 0.2) is 0 Å². The van der Waals surface area contributed by atoms with Crippen molar-refractivity contribution in [2.24, 2.45) is 0 Å². The smallest absolute Gasteiger partial charge is 0.748 e. The minimum atomic E-state index is -4.22. The molecule has 0 spiro atoms. The van der Waals surface area contributed by atoms with Crippen LogP contribution in [0.25, 0.3) is 0 Å². The summed E-state index contributed by atoms with van der Waals surface area (Å²) < 4.78 is 33.3. The van der Waals surface area contributed by atoms with Gasteiger partial charge in [-0.2, -0.15) is 0 Å². The van der Waals surface area contributed by atoms with Crippen LogP contribution < -0.4 is 51.4 Å². The van der Waals surface area contributed by atoms with Gasteiger partial charge in [0, 0.05) is 5.25 Å². The number of aliphatic hydroxyl groups excluding tert-OH is 1. The van der Waals surface area contributed by atoms with E-state index in [1.54, 1.807) is 0 Å². The molecule has 1 N–H and O–H groups in total. The van der Waals surface area contributed by atoms with E-state index < -0.39 is 21.5 Å². The molecule has 4 nitrogen and oxygen atoms in total. The summed E-state index contributed by atoms with van der Waals surface area (Å²) in [5.41, 5.74) is 0. The van der Waals surface area contributed by atoms with Crippen LogP contribution in [0.4, 0.5) is 0 Å². The number of unbranched alkanes of at least 4 members (excludes halogenated alkanes) is 4. The molecular weight excluding hydrogens is 303 g/mol. The Morgan fingerprint density at radius 1 is 0.900 bits per heavy atom. The molecule has 0 aliphatic heterocycles. The van der Waals surface area contributed by atoms with E-state index >= 15 is 0 Å². The third kappa shape index (κ3) is 13.2. The zero-order chi connectivity index (χ0) is 14.7. The summed E-state index contributed by atoms with van der Waals surface area (Å²) in [5, 5.41) is 8.97. The van der Waals surface area contributed by atoms with E-state index in [9.17, 15) is 18.1 Å².